The van der Waals surface area contributed by atoms with Crippen molar-refractivity contribution in [2.75, 3.05) is 5.32 Å². The summed E-state index contributed by atoms with van der Waals surface area (Å²) in [6, 6.07) is 4.37. The molecule has 30 heavy (non-hydrogen) atoms. The molecule has 2 aliphatic rings. The molecule has 1 heterocycles. The van der Waals surface area contributed by atoms with Crippen molar-refractivity contribution in [3.63, 3.8) is 0 Å². The summed E-state index contributed by atoms with van der Waals surface area (Å²) in [5.41, 5.74) is -0.341. The van der Waals surface area contributed by atoms with Crippen LogP contribution in [0.5, 0.6) is 0 Å². The van der Waals surface area contributed by atoms with Gasteiger partial charge in [0.05, 0.1) is 16.8 Å². The number of hydrogen-bond acceptors (Lipinski definition) is 7. The van der Waals surface area contributed by atoms with Crippen LogP contribution in [-0.2, 0) is 23.9 Å². The summed E-state index contributed by atoms with van der Waals surface area (Å²) in [6.07, 6.45) is 3.28. The molecule has 4 atom stereocenters. The number of ether oxygens (including phenoxy) is 1. The van der Waals surface area contributed by atoms with Gasteiger partial charge in [-0.2, -0.15) is 0 Å². The lowest BCUT2D eigenvalue weighted by atomic mass is 9.85. The molecule has 1 fully saturated rings. The number of hydrogen-bond donors (Lipinski definition) is 1. The molecule has 10 heteroatoms. The zero-order valence-electron chi connectivity index (χ0n) is 16.4. The number of anilines is 1. The molecular weight excluding hydrogens is 394 g/mol. The number of imide groups is 1. The number of esters is 1. The molecule has 0 radical (unpaired) electrons. The van der Waals surface area contributed by atoms with Gasteiger partial charge in [-0.3, -0.25) is 29.4 Å². The van der Waals surface area contributed by atoms with E-state index in [-0.39, 0.29) is 11.4 Å². The number of nitrogens with one attached hydrogen (secondary N) is 1. The first-order valence-corrected chi connectivity index (χ1v) is 9.49. The smallest absolute Gasteiger partial charge is 0.329 e. The van der Waals surface area contributed by atoms with Gasteiger partial charge in [-0.25, -0.2) is 4.79 Å². The van der Waals surface area contributed by atoms with Crippen LogP contribution >= 0.6 is 0 Å². The van der Waals surface area contributed by atoms with Gasteiger partial charge in [0.1, 0.15) is 11.7 Å². The third-order valence-corrected chi connectivity index (χ3v) is 5.29. The van der Waals surface area contributed by atoms with E-state index in [1.165, 1.54) is 38.1 Å². The molecule has 0 bridgehead atoms. The molecule has 0 aromatic heterocycles. The Kier molecular flexibility index (Phi) is 5.95. The van der Waals surface area contributed by atoms with Crippen molar-refractivity contribution >= 4 is 35.1 Å². The van der Waals surface area contributed by atoms with Crippen LogP contribution < -0.4 is 5.32 Å². The van der Waals surface area contributed by atoms with Crippen LogP contribution in [0.2, 0.25) is 0 Å². The monoisotopic (exact) mass is 415 g/mol. The SMILES string of the molecule is C[C@@H](OC(=O)[C@H](C)N1C(=O)[C@H]2CC=CC[C@H]2C1=O)C(=O)Nc1ccccc1[N+](=O)[O-]. The molecule has 1 aromatic rings. The highest BCUT2D eigenvalue weighted by molar-refractivity contribution is 6.08. The third kappa shape index (κ3) is 3.93. The maximum Gasteiger partial charge on any atom is 0.329 e. The number of carbonyl (C=O) groups is 4. The quantitative estimate of drug-likeness (QED) is 0.246. The van der Waals surface area contributed by atoms with E-state index >= 15 is 0 Å². The van der Waals surface area contributed by atoms with E-state index < -0.39 is 52.6 Å². The van der Waals surface area contributed by atoms with Gasteiger partial charge in [-0.1, -0.05) is 24.3 Å². The lowest BCUT2D eigenvalue weighted by Crippen LogP contribution is -2.46. The fourth-order valence-corrected chi connectivity index (χ4v) is 3.61. The molecular formula is C20H21N3O7. The Hall–Kier alpha value is -3.56. The van der Waals surface area contributed by atoms with Crippen LogP contribution in [0.1, 0.15) is 26.7 Å². The topological polar surface area (TPSA) is 136 Å². The molecule has 3 amide bonds. The molecule has 0 spiro atoms. The standard InChI is InChI=1S/C20H21N3O7/c1-11(22-18(25)13-7-3-4-8-14(13)19(22)26)20(27)30-12(2)17(24)21-15-9-5-6-10-16(15)23(28)29/h3-6,9-14H,7-8H2,1-2H3,(H,21,24)/t11-,12+,13-,14+/m0/s1. The van der Waals surface area contributed by atoms with Crippen LogP contribution in [-0.4, -0.2) is 45.7 Å². The summed E-state index contributed by atoms with van der Waals surface area (Å²) in [4.78, 5) is 61.3. The number of para-hydroxylation sites is 2. The lowest BCUT2D eigenvalue weighted by molar-refractivity contribution is -0.383. The number of nitro groups is 1. The minimum Gasteiger partial charge on any atom is -0.451 e. The van der Waals surface area contributed by atoms with Crippen molar-refractivity contribution in [1.82, 2.24) is 4.90 Å². The van der Waals surface area contributed by atoms with Crippen molar-refractivity contribution in [1.29, 1.82) is 0 Å². The highest BCUT2D eigenvalue weighted by atomic mass is 16.6. The van der Waals surface area contributed by atoms with E-state index in [0.29, 0.717) is 12.8 Å². The zero-order chi connectivity index (χ0) is 22.0. The number of rotatable bonds is 6. The molecule has 1 N–H and O–H groups in total. The van der Waals surface area contributed by atoms with E-state index in [1.54, 1.807) is 0 Å². The number of nitrogens with zero attached hydrogens (tertiary/aromatic N) is 2. The fourth-order valence-electron chi connectivity index (χ4n) is 3.61. The number of allylic oxidation sites excluding steroid dienone is 2. The minimum absolute atomic E-state index is 0.0371. The summed E-state index contributed by atoms with van der Waals surface area (Å²) in [6.45, 7) is 2.67. The van der Waals surface area contributed by atoms with Crippen molar-refractivity contribution in [2.45, 2.75) is 38.8 Å². The fraction of sp³-hybridized carbons (Fsp3) is 0.400. The molecule has 0 saturated carbocycles. The van der Waals surface area contributed by atoms with Crippen molar-refractivity contribution in [2.24, 2.45) is 11.8 Å². The second kappa shape index (κ2) is 8.44. The molecule has 1 aliphatic heterocycles. The van der Waals surface area contributed by atoms with Gasteiger partial charge in [0.2, 0.25) is 11.8 Å². The lowest BCUT2D eigenvalue weighted by Gasteiger charge is -2.23. The van der Waals surface area contributed by atoms with Crippen LogP contribution in [0.15, 0.2) is 36.4 Å². The van der Waals surface area contributed by atoms with Gasteiger partial charge < -0.3 is 10.1 Å². The third-order valence-electron chi connectivity index (χ3n) is 5.29. The first-order valence-electron chi connectivity index (χ1n) is 9.49. The van der Waals surface area contributed by atoms with E-state index in [1.807, 2.05) is 12.2 Å². The second-order valence-electron chi connectivity index (χ2n) is 7.22. The van der Waals surface area contributed by atoms with Crippen LogP contribution in [0.4, 0.5) is 11.4 Å². The Bertz CT molecular complexity index is 916. The average molecular weight is 415 g/mol. The van der Waals surface area contributed by atoms with Crippen molar-refractivity contribution in [3.8, 4) is 0 Å². The van der Waals surface area contributed by atoms with Crippen LogP contribution in [0.3, 0.4) is 0 Å². The summed E-state index contributed by atoms with van der Waals surface area (Å²) in [7, 11) is 0. The first kappa shape index (κ1) is 21.2. The van der Waals surface area contributed by atoms with Crippen LogP contribution in [0, 0.1) is 22.0 Å². The number of nitro benzene ring substituents is 1. The van der Waals surface area contributed by atoms with Gasteiger partial charge in [-0.05, 0) is 32.8 Å². The Morgan fingerprint density at radius 3 is 2.27 bits per heavy atom. The zero-order valence-corrected chi connectivity index (χ0v) is 16.4. The minimum atomic E-state index is -1.29. The predicted molar refractivity (Wildman–Crippen MR) is 104 cm³/mol. The Labute approximate surface area is 172 Å². The molecule has 1 aromatic carbocycles. The normalized spacial score (nSPS) is 22.3. The molecule has 1 aliphatic carbocycles. The largest absolute Gasteiger partial charge is 0.451 e. The Morgan fingerprint density at radius 2 is 1.70 bits per heavy atom. The number of benzene rings is 1. The van der Waals surface area contributed by atoms with E-state index in [2.05, 4.69) is 5.32 Å². The molecule has 1 saturated heterocycles. The van der Waals surface area contributed by atoms with Gasteiger partial charge in [0.25, 0.3) is 11.6 Å². The first-order chi connectivity index (χ1) is 14.2. The van der Waals surface area contributed by atoms with Gasteiger partial charge in [0.15, 0.2) is 6.10 Å². The highest BCUT2D eigenvalue weighted by Gasteiger charge is 2.50. The summed E-state index contributed by atoms with van der Waals surface area (Å²) >= 11 is 0. The Balaban J connectivity index is 1.64. The average Bonchev–Trinajstić information content (AvgIpc) is 2.98. The van der Waals surface area contributed by atoms with Crippen molar-refractivity contribution in [3.05, 3.63) is 46.5 Å². The van der Waals surface area contributed by atoms with Gasteiger partial charge in [-0.15, -0.1) is 0 Å². The van der Waals surface area contributed by atoms with E-state index in [0.717, 1.165) is 4.90 Å². The number of carbonyl (C=O) groups excluding carboxylic acids is 4. The van der Waals surface area contributed by atoms with Gasteiger partial charge >= 0.3 is 5.97 Å². The van der Waals surface area contributed by atoms with E-state index in [9.17, 15) is 29.3 Å². The summed E-state index contributed by atoms with van der Waals surface area (Å²) in [5, 5.41) is 13.4. The van der Waals surface area contributed by atoms with Crippen LogP contribution in [0.25, 0.3) is 0 Å². The molecule has 158 valence electrons. The summed E-state index contributed by atoms with van der Waals surface area (Å²) < 4.78 is 5.13. The maximum absolute atomic E-state index is 12.6. The molecule has 10 nitrogen and oxygen atoms in total. The number of amides is 3. The number of fused-ring (bicyclic) bond motifs is 1. The second-order valence-corrected chi connectivity index (χ2v) is 7.22. The van der Waals surface area contributed by atoms with Gasteiger partial charge in [0, 0.05) is 6.07 Å². The Morgan fingerprint density at radius 1 is 1.13 bits per heavy atom. The van der Waals surface area contributed by atoms with Crippen molar-refractivity contribution < 1.29 is 28.8 Å². The van der Waals surface area contributed by atoms with E-state index in [4.69, 9.17) is 4.74 Å². The molecule has 3 rings (SSSR count). The summed E-state index contributed by atoms with van der Waals surface area (Å²) in [5.74, 6) is -3.48. The molecule has 0 unspecified atom stereocenters. The highest BCUT2D eigenvalue weighted by Crippen LogP contribution is 2.36. The predicted octanol–water partition coefficient (Wildman–Crippen LogP) is 1.80. The maximum atomic E-state index is 12.6. The number of likely N-dealkylation sites (tertiary alicyclic amines) is 1.